The molecule has 5 heteroatoms. The van der Waals surface area contributed by atoms with E-state index in [4.69, 9.17) is 0 Å². The lowest BCUT2D eigenvalue weighted by Gasteiger charge is -2.23. The van der Waals surface area contributed by atoms with E-state index in [0.29, 0.717) is 6.04 Å². The van der Waals surface area contributed by atoms with Crippen LogP contribution in [0.5, 0.6) is 5.75 Å². The van der Waals surface area contributed by atoms with Gasteiger partial charge in [-0.25, -0.2) is 0 Å². The molecule has 0 bridgehead atoms. The Morgan fingerprint density at radius 3 is 2.26 bits per heavy atom. The first-order chi connectivity index (χ1) is 9.03. The molecule has 1 saturated carbocycles. The highest BCUT2D eigenvalue weighted by Gasteiger charge is 2.28. The summed E-state index contributed by atoms with van der Waals surface area (Å²) in [6, 6.07) is 7.14. The third-order valence-corrected chi connectivity index (χ3v) is 3.23. The number of ether oxygens (including phenoxy) is 1. The largest absolute Gasteiger partial charge is 0.484 e. The fourth-order valence-corrected chi connectivity index (χ4v) is 2.30. The second-order valence-electron chi connectivity index (χ2n) is 4.91. The Labute approximate surface area is 111 Å². The van der Waals surface area contributed by atoms with Gasteiger partial charge in [0, 0.05) is 11.7 Å². The quantitative estimate of drug-likeness (QED) is 0.879. The first-order valence-corrected chi connectivity index (χ1v) is 6.59. The number of halogens is 3. The molecule has 0 atom stereocenters. The van der Waals surface area contributed by atoms with Crippen molar-refractivity contribution in [1.82, 2.24) is 0 Å². The zero-order valence-electron chi connectivity index (χ0n) is 10.7. The van der Waals surface area contributed by atoms with Crippen LogP contribution in [0, 0.1) is 0 Å². The Bertz CT molecular complexity index is 383. The van der Waals surface area contributed by atoms with Gasteiger partial charge in [-0.3, -0.25) is 0 Å². The third-order valence-electron chi connectivity index (χ3n) is 3.23. The molecule has 1 aromatic carbocycles. The van der Waals surface area contributed by atoms with Gasteiger partial charge in [0.1, 0.15) is 5.75 Å². The zero-order chi connectivity index (χ0) is 13.7. The second-order valence-corrected chi connectivity index (χ2v) is 4.91. The van der Waals surface area contributed by atoms with Gasteiger partial charge in [0.15, 0.2) is 6.61 Å². The highest BCUT2D eigenvalue weighted by molar-refractivity contribution is 5.47. The number of benzene rings is 1. The Kier molecular flexibility index (Phi) is 4.56. The van der Waals surface area contributed by atoms with E-state index in [1.807, 2.05) is 0 Å². The van der Waals surface area contributed by atoms with E-state index in [9.17, 15) is 13.2 Å². The number of anilines is 1. The van der Waals surface area contributed by atoms with Crippen LogP contribution < -0.4 is 10.1 Å². The lowest BCUT2D eigenvalue weighted by atomic mass is 9.95. The van der Waals surface area contributed by atoms with E-state index >= 15 is 0 Å². The Balaban J connectivity index is 1.83. The minimum absolute atomic E-state index is 0.242. The van der Waals surface area contributed by atoms with Crippen molar-refractivity contribution in [3.8, 4) is 5.75 Å². The SMILES string of the molecule is FC(F)(F)COc1ccc(NC2CCCCC2)cc1. The summed E-state index contributed by atoms with van der Waals surface area (Å²) in [6.45, 7) is -1.25. The van der Waals surface area contributed by atoms with E-state index in [1.54, 1.807) is 24.3 Å². The van der Waals surface area contributed by atoms with Gasteiger partial charge in [0.05, 0.1) is 0 Å². The van der Waals surface area contributed by atoms with Crippen molar-refractivity contribution < 1.29 is 17.9 Å². The zero-order valence-corrected chi connectivity index (χ0v) is 10.7. The molecule has 0 aromatic heterocycles. The molecular weight excluding hydrogens is 255 g/mol. The topological polar surface area (TPSA) is 21.3 Å². The summed E-state index contributed by atoms with van der Waals surface area (Å²) in [5.74, 6) is 0.242. The van der Waals surface area contributed by atoms with Crippen LogP contribution >= 0.6 is 0 Å². The van der Waals surface area contributed by atoms with Gasteiger partial charge in [-0.15, -0.1) is 0 Å². The van der Waals surface area contributed by atoms with Gasteiger partial charge in [0.25, 0.3) is 0 Å². The van der Waals surface area contributed by atoms with Crippen molar-refractivity contribution in [2.75, 3.05) is 11.9 Å². The van der Waals surface area contributed by atoms with Crippen LogP contribution in [0.25, 0.3) is 0 Å². The predicted molar refractivity (Wildman–Crippen MR) is 68.5 cm³/mol. The molecule has 2 nitrogen and oxygen atoms in total. The predicted octanol–water partition coefficient (Wildman–Crippen LogP) is 4.37. The van der Waals surface area contributed by atoms with Gasteiger partial charge in [-0.05, 0) is 37.1 Å². The molecule has 2 rings (SSSR count). The van der Waals surface area contributed by atoms with E-state index in [-0.39, 0.29) is 5.75 Å². The molecule has 106 valence electrons. The smallest absolute Gasteiger partial charge is 0.422 e. The van der Waals surface area contributed by atoms with Crippen molar-refractivity contribution in [3.63, 3.8) is 0 Å². The number of hydrogen-bond acceptors (Lipinski definition) is 2. The minimum Gasteiger partial charge on any atom is -0.484 e. The van der Waals surface area contributed by atoms with E-state index in [2.05, 4.69) is 10.1 Å². The van der Waals surface area contributed by atoms with E-state index in [0.717, 1.165) is 18.5 Å². The maximum absolute atomic E-state index is 12.0. The van der Waals surface area contributed by atoms with Crippen molar-refractivity contribution in [2.24, 2.45) is 0 Å². The van der Waals surface area contributed by atoms with Crippen LogP contribution in [0.4, 0.5) is 18.9 Å². The fourth-order valence-electron chi connectivity index (χ4n) is 2.30. The molecule has 0 heterocycles. The van der Waals surface area contributed by atoms with Crippen molar-refractivity contribution in [2.45, 2.75) is 44.3 Å². The average molecular weight is 273 g/mol. The molecule has 1 aliphatic rings. The molecular formula is C14H18F3NO. The molecule has 0 radical (unpaired) electrons. The van der Waals surface area contributed by atoms with Crippen molar-refractivity contribution in [1.29, 1.82) is 0 Å². The molecule has 1 N–H and O–H groups in total. The van der Waals surface area contributed by atoms with Gasteiger partial charge < -0.3 is 10.1 Å². The molecule has 19 heavy (non-hydrogen) atoms. The van der Waals surface area contributed by atoms with Crippen molar-refractivity contribution in [3.05, 3.63) is 24.3 Å². The van der Waals surface area contributed by atoms with Gasteiger partial charge in [-0.2, -0.15) is 13.2 Å². The standard InChI is InChI=1S/C14H18F3NO/c15-14(16,17)10-19-13-8-6-12(7-9-13)18-11-4-2-1-3-5-11/h6-9,11,18H,1-5,10H2. The van der Waals surface area contributed by atoms with E-state index in [1.165, 1.54) is 19.3 Å². The summed E-state index contributed by atoms with van der Waals surface area (Å²) in [7, 11) is 0. The summed E-state index contributed by atoms with van der Waals surface area (Å²) in [6.07, 6.45) is 1.80. The molecule has 1 fully saturated rings. The van der Waals surface area contributed by atoms with Crippen LogP contribution in [0.15, 0.2) is 24.3 Å². The third kappa shape index (κ3) is 5.01. The summed E-state index contributed by atoms with van der Waals surface area (Å²) in [5.41, 5.74) is 0.936. The Morgan fingerprint density at radius 1 is 1.05 bits per heavy atom. The van der Waals surface area contributed by atoms with Crippen molar-refractivity contribution >= 4 is 5.69 Å². The van der Waals surface area contributed by atoms with Crippen LogP contribution in [-0.2, 0) is 0 Å². The van der Waals surface area contributed by atoms with Crippen LogP contribution in [0.2, 0.25) is 0 Å². The summed E-state index contributed by atoms with van der Waals surface area (Å²) < 4.78 is 40.6. The lowest BCUT2D eigenvalue weighted by molar-refractivity contribution is -0.153. The van der Waals surface area contributed by atoms with Gasteiger partial charge in [-0.1, -0.05) is 19.3 Å². The summed E-state index contributed by atoms with van der Waals surface area (Å²) in [5, 5.41) is 3.40. The van der Waals surface area contributed by atoms with Crippen LogP contribution in [0.3, 0.4) is 0 Å². The summed E-state index contributed by atoms with van der Waals surface area (Å²) >= 11 is 0. The highest BCUT2D eigenvalue weighted by Crippen LogP contribution is 2.24. The number of hydrogen-bond donors (Lipinski definition) is 1. The molecule has 1 aromatic rings. The molecule has 0 spiro atoms. The first kappa shape index (κ1) is 14.0. The average Bonchev–Trinajstić information content (AvgIpc) is 2.38. The second kappa shape index (κ2) is 6.17. The lowest BCUT2D eigenvalue weighted by Crippen LogP contribution is -2.22. The molecule has 1 aliphatic carbocycles. The monoisotopic (exact) mass is 273 g/mol. The number of rotatable bonds is 4. The molecule has 0 saturated heterocycles. The summed E-state index contributed by atoms with van der Waals surface area (Å²) in [4.78, 5) is 0. The van der Waals surface area contributed by atoms with Crippen LogP contribution in [0.1, 0.15) is 32.1 Å². The Morgan fingerprint density at radius 2 is 1.68 bits per heavy atom. The maximum Gasteiger partial charge on any atom is 0.422 e. The molecule has 0 amide bonds. The van der Waals surface area contributed by atoms with Gasteiger partial charge in [0.2, 0.25) is 0 Å². The molecule has 0 unspecified atom stereocenters. The Hall–Kier alpha value is -1.39. The molecule has 0 aliphatic heterocycles. The number of alkyl halides is 3. The van der Waals surface area contributed by atoms with E-state index < -0.39 is 12.8 Å². The number of nitrogens with one attached hydrogen (secondary N) is 1. The normalized spacial score (nSPS) is 17.2. The highest BCUT2D eigenvalue weighted by atomic mass is 19.4. The minimum atomic E-state index is -4.29. The van der Waals surface area contributed by atoms with Crippen LogP contribution in [-0.4, -0.2) is 18.8 Å². The fraction of sp³-hybridized carbons (Fsp3) is 0.571. The maximum atomic E-state index is 12.0. The van der Waals surface area contributed by atoms with Gasteiger partial charge >= 0.3 is 6.18 Å². The first-order valence-electron chi connectivity index (χ1n) is 6.59.